The number of carbonyl (C=O) groups is 2. The Balaban J connectivity index is 1.46. The number of rotatable bonds is 4. The van der Waals surface area contributed by atoms with Crippen molar-refractivity contribution < 1.29 is 9.59 Å². The number of aromatic amines is 1. The van der Waals surface area contributed by atoms with Gasteiger partial charge < -0.3 is 15.2 Å². The van der Waals surface area contributed by atoms with Crippen LogP contribution in [0.3, 0.4) is 0 Å². The van der Waals surface area contributed by atoms with Crippen LogP contribution in [0.1, 0.15) is 31.5 Å². The smallest absolute Gasteiger partial charge is 0.237 e. The largest absolute Gasteiger partial charge is 0.357 e. The molecule has 6 nitrogen and oxygen atoms in total. The first-order valence-corrected chi connectivity index (χ1v) is 10.0. The third kappa shape index (κ3) is 3.69. The van der Waals surface area contributed by atoms with Crippen LogP contribution in [0.4, 0.5) is 0 Å². The van der Waals surface area contributed by atoms with E-state index in [1.165, 1.54) is 16.5 Å². The zero-order chi connectivity index (χ0) is 19.7. The fourth-order valence-corrected chi connectivity index (χ4v) is 4.20. The molecule has 0 radical (unpaired) electrons. The van der Waals surface area contributed by atoms with E-state index in [4.69, 9.17) is 0 Å². The van der Waals surface area contributed by atoms with E-state index >= 15 is 0 Å². The molecule has 1 aromatic carbocycles. The number of benzene rings is 1. The molecule has 1 atom stereocenters. The lowest BCUT2D eigenvalue weighted by atomic mass is 10.0. The highest BCUT2D eigenvalue weighted by atomic mass is 16.2. The number of hydrogen-bond acceptors (Lipinski definition) is 3. The lowest BCUT2D eigenvalue weighted by Gasteiger charge is -2.36. The maximum absolute atomic E-state index is 13.0. The van der Waals surface area contributed by atoms with Crippen LogP contribution in [0.5, 0.6) is 0 Å². The fourth-order valence-electron chi connectivity index (χ4n) is 4.20. The molecule has 1 fully saturated rings. The average Bonchev–Trinajstić information content (AvgIpc) is 3.06. The molecule has 148 valence electrons. The fraction of sp³-hybridized carbons (Fsp3) is 0.455. The van der Waals surface area contributed by atoms with E-state index in [0.717, 1.165) is 24.2 Å². The average molecular weight is 380 g/mol. The Bertz CT molecular complexity index is 926. The molecule has 2 amide bonds. The van der Waals surface area contributed by atoms with Crippen LogP contribution in [0.15, 0.2) is 35.9 Å². The molecule has 0 saturated carbocycles. The number of fused-ring (bicyclic) bond motifs is 3. The highest BCUT2D eigenvalue weighted by Gasteiger charge is 2.33. The van der Waals surface area contributed by atoms with Gasteiger partial charge in [0, 0.05) is 42.8 Å². The molecule has 0 spiro atoms. The maximum Gasteiger partial charge on any atom is 0.237 e. The van der Waals surface area contributed by atoms with Crippen LogP contribution < -0.4 is 5.32 Å². The van der Waals surface area contributed by atoms with Gasteiger partial charge in [-0.2, -0.15) is 0 Å². The zero-order valence-corrected chi connectivity index (χ0v) is 16.6. The second kappa shape index (κ2) is 7.80. The summed E-state index contributed by atoms with van der Waals surface area (Å²) < 4.78 is 0. The molecule has 1 aromatic heterocycles. The van der Waals surface area contributed by atoms with E-state index in [2.05, 4.69) is 53.3 Å². The summed E-state index contributed by atoms with van der Waals surface area (Å²) in [6, 6.07) is 7.90. The number of nitrogens with zero attached hydrogens (tertiary/aromatic N) is 2. The molecule has 1 saturated heterocycles. The second-order valence-corrected chi connectivity index (χ2v) is 7.98. The summed E-state index contributed by atoms with van der Waals surface area (Å²) in [6.07, 6.45) is 3.20. The Hall–Kier alpha value is -2.60. The summed E-state index contributed by atoms with van der Waals surface area (Å²) in [5, 5.41) is 4.17. The summed E-state index contributed by atoms with van der Waals surface area (Å²) in [5.41, 5.74) is 4.79. The van der Waals surface area contributed by atoms with Gasteiger partial charge in [-0.15, -0.1) is 0 Å². The molecule has 0 bridgehead atoms. The van der Waals surface area contributed by atoms with Gasteiger partial charge in [0.1, 0.15) is 0 Å². The van der Waals surface area contributed by atoms with E-state index in [-0.39, 0.29) is 24.3 Å². The van der Waals surface area contributed by atoms with Crippen molar-refractivity contribution in [1.82, 2.24) is 20.1 Å². The Morgan fingerprint density at radius 1 is 1.25 bits per heavy atom. The monoisotopic (exact) mass is 380 g/mol. The van der Waals surface area contributed by atoms with Crippen molar-refractivity contribution >= 4 is 22.7 Å². The maximum atomic E-state index is 13.0. The molecule has 4 rings (SSSR count). The van der Waals surface area contributed by atoms with Gasteiger partial charge in [0.05, 0.1) is 19.0 Å². The molecule has 2 aromatic rings. The van der Waals surface area contributed by atoms with Gasteiger partial charge >= 0.3 is 0 Å². The van der Waals surface area contributed by atoms with E-state index < -0.39 is 0 Å². The van der Waals surface area contributed by atoms with Crippen molar-refractivity contribution in [1.29, 1.82) is 0 Å². The molecule has 2 aliphatic heterocycles. The first-order chi connectivity index (χ1) is 13.5. The summed E-state index contributed by atoms with van der Waals surface area (Å²) in [4.78, 5) is 32.9. The predicted octanol–water partition coefficient (Wildman–Crippen LogP) is 2.21. The molecule has 0 unspecified atom stereocenters. The van der Waals surface area contributed by atoms with E-state index in [1.807, 2.05) is 11.0 Å². The number of para-hydroxylation sites is 1. The molecular weight excluding hydrogens is 352 g/mol. The summed E-state index contributed by atoms with van der Waals surface area (Å²) in [6.45, 7) is 7.52. The Morgan fingerprint density at radius 3 is 2.89 bits per heavy atom. The first kappa shape index (κ1) is 18.7. The van der Waals surface area contributed by atoms with Crippen molar-refractivity contribution in [2.75, 3.05) is 26.2 Å². The van der Waals surface area contributed by atoms with Gasteiger partial charge in [-0.1, -0.05) is 29.8 Å². The minimum atomic E-state index is -0.388. The molecule has 3 heterocycles. The number of H-pyrrole nitrogens is 1. The normalized spacial score (nSPS) is 20.0. The van der Waals surface area contributed by atoms with Crippen LogP contribution in [0.25, 0.3) is 10.9 Å². The quantitative estimate of drug-likeness (QED) is 0.799. The number of piperazine rings is 1. The van der Waals surface area contributed by atoms with E-state index in [1.54, 1.807) is 0 Å². The molecule has 6 heteroatoms. The Kier molecular flexibility index (Phi) is 5.22. The lowest BCUT2D eigenvalue weighted by Crippen LogP contribution is -2.56. The van der Waals surface area contributed by atoms with Crippen LogP contribution in [0, 0.1) is 0 Å². The van der Waals surface area contributed by atoms with Crippen molar-refractivity contribution in [3.63, 3.8) is 0 Å². The van der Waals surface area contributed by atoms with Crippen LogP contribution in [0.2, 0.25) is 0 Å². The zero-order valence-electron chi connectivity index (χ0n) is 16.6. The van der Waals surface area contributed by atoms with Crippen molar-refractivity contribution in [3.8, 4) is 0 Å². The third-order valence-corrected chi connectivity index (χ3v) is 5.78. The van der Waals surface area contributed by atoms with E-state index in [0.29, 0.717) is 26.2 Å². The van der Waals surface area contributed by atoms with Crippen molar-refractivity contribution in [2.45, 2.75) is 39.3 Å². The number of hydrogen-bond donors (Lipinski definition) is 2. The van der Waals surface area contributed by atoms with Gasteiger partial charge in [0.25, 0.3) is 0 Å². The standard InChI is InChI=1S/C22H28N4O2/c1-15(2)7-10-25-12-9-23-22(28)20(25)13-21(27)26-11-8-17-16-5-3-4-6-18(16)24-19(17)14-26/h3-7,20,24H,8-14H2,1-2H3,(H,23,28)/t20-/m1/s1. The third-order valence-electron chi connectivity index (χ3n) is 5.78. The summed E-state index contributed by atoms with van der Waals surface area (Å²) >= 11 is 0. The topological polar surface area (TPSA) is 68.4 Å². The molecule has 2 N–H and O–H groups in total. The van der Waals surface area contributed by atoms with Gasteiger partial charge in [0.15, 0.2) is 0 Å². The number of allylic oxidation sites excluding steroid dienone is 1. The first-order valence-electron chi connectivity index (χ1n) is 10.0. The highest BCUT2D eigenvalue weighted by molar-refractivity contribution is 5.89. The summed E-state index contributed by atoms with van der Waals surface area (Å²) in [7, 11) is 0. The number of carbonyl (C=O) groups excluding carboxylic acids is 2. The Morgan fingerprint density at radius 2 is 2.07 bits per heavy atom. The van der Waals surface area contributed by atoms with Crippen molar-refractivity contribution in [3.05, 3.63) is 47.2 Å². The molecule has 28 heavy (non-hydrogen) atoms. The predicted molar refractivity (Wildman–Crippen MR) is 110 cm³/mol. The molecular formula is C22H28N4O2. The lowest BCUT2D eigenvalue weighted by molar-refractivity contribution is -0.139. The molecule has 0 aliphatic carbocycles. The number of aromatic nitrogens is 1. The minimum absolute atomic E-state index is 0.0370. The summed E-state index contributed by atoms with van der Waals surface area (Å²) in [5.74, 6) is 0.0126. The van der Waals surface area contributed by atoms with Crippen LogP contribution in [-0.4, -0.2) is 58.8 Å². The number of amides is 2. The Labute approximate surface area is 165 Å². The van der Waals surface area contributed by atoms with Crippen LogP contribution >= 0.6 is 0 Å². The van der Waals surface area contributed by atoms with Crippen LogP contribution in [-0.2, 0) is 22.6 Å². The van der Waals surface area contributed by atoms with Gasteiger partial charge in [-0.05, 0) is 31.9 Å². The number of nitrogens with one attached hydrogen (secondary N) is 2. The molecule has 2 aliphatic rings. The minimum Gasteiger partial charge on any atom is -0.357 e. The van der Waals surface area contributed by atoms with Gasteiger partial charge in [-0.25, -0.2) is 0 Å². The van der Waals surface area contributed by atoms with Crippen molar-refractivity contribution in [2.24, 2.45) is 0 Å². The van der Waals surface area contributed by atoms with Gasteiger partial charge in [0.2, 0.25) is 11.8 Å². The SMILES string of the molecule is CC(C)=CCN1CCNC(=O)[C@H]1CC(=O)N1CCc2c([nH]c3ccccc23)C1. The van der Waals surface area contributed by atoms with E-state index in [9.17, 15) is 9.59 Å². The van der Waals surface area contributed by atoms with Gasteiger partial charge in [-0.3, -0.25) is 14.5 Å². The second-order valence-electron chi connectivity index (χ2n) is 7.98. The highest BCUT2D eigenvalue weighted by Crippen LogP contribution is 2.28.